The number of hydrogen-bond acceptors (Lipinski definition) is 4. The molecule has 0 aromatic carbocycles. The SMILES string of the molecule is C=CCCCCCCCCOC(=O)C(=O)OCCCCCCCCC=C. The van der Waals surface area contributed by atoms with E-state index in [0.717, 1.165) is 51.4 Å². The third-order valence-corrected chi connectivity index (χ3v) is 4.24. The maximum atomic E-state index is 11.5. The largest absolute Gasteiger partial charge is 0.457 e. The van der Waals surface area contributed by atoms with E-state index in [4.69, 9.17) is 9.47 Å². The third kappa shape index (κ3) is 17.2. The molecule has 26 heavy (non-hydrogen) atoms. The number of carbonyl (C=O) groups is 2. The van der Waals surface area contributed by atoms with Gasteiger partial charge in [-0.1, -0.05) is 63.5 Å². The van der Waals surface area contributed by atoms with Gasteiger partial charge in [-0.15, -0.1) is 13.2 Å². The molecule has 0 aromatic heterocycles. The van der Waals surface area contributed by atoms with E-state index in [1.165, 1.54) is 38.5 Å². The molecule has 0 bridgehead atoms. The van der Waals surface area contributed by atoms with Crippen LogP contribution in [0.2, 0.25) is 0 Å². The summed E-state index contributed by atoms with van der Waals surface area (Å²) >= 11 is 0. The highest BCUT2D eigenvalue weighted by molar-refractivity contribution is 6.29. The third-order valence-electron chi connectivity index (χ3n) is 4.24. The van der Waals surface area contributed by atoms with Gasteiger partial charge in [-0.05, 0) is 38.5 Å². The first-order valence-corrected chi connectivity index (χ1v) is 10.3. The topological polar surface area (TPSA) is 52.6 Å². The van der Waals surface area contributed by atoms with Gasteiger partial charge in [0, 0.05) is 0 Å². The molecule has 0 atom stereocenters. The Morgan fingerprint density at radius 1 is 0.538 bits per heavy atom. The molecule has 0 aliphatic rings. The lowest BCUT2D eigenvalue weighted by atomic mass is 10.1. The zero-order valence-electron chi connectivity index (χ0n) is 16.5. The molecular weight excluding hydrogens is 328 g/mol. The lowest BCUT2D eigenvalue weighted by molar-refractivity contribution is -0.167. The van der Waals surface area contributed by atoms with Crippen molar-refractivity contribution in [3.05, 3.63) is 25.3 Å². The average Bonchev–Trinajstić information content (AvgIpc) is 2.65. The van der Waals surface area contributed by atoms with Crippen molar-refractivity contribution in [3.8, 4) is 0 Å². The number of ether oxygens (including phenoxy) is 2. The summed E-state index contributed by atoms with van der Waals surface area (Å²) in [6, 6.07) is 0. The molecule has 0 amide bonds. The number of rotatable bonds is 18. The maximum absolute atomic E-state index is 11.5. The Morgan fingerprint density at radius 2 is 0.846 bits per heavy atom. The zero-order chi connectivity index (χ0) is 19.3. The van der Waals surface area contributed by atoms with E-state index >= 15 is 0 Å². The van der Waals surface area contributed by atoms with Gasteiger partial charge in [0.2, 0.25) is 0 Å². The molecule has 0 N–H and O–H groups in total. The van der Waals surface area contributed by atoms with Crippen LogP contribution in [0, 0.1) is 0 Å². The molecular formula is C22H38O4. The van der Waals surface area contributed by atoms with Crippen molar-refractivity contribution in [2.24, 2.45) is 0 Å². The first kappa shape index (κ1) is 24.4. The normalized spacial score (nSPS) is 10.3. The Hall–Kier alpha value is -1.58. The van der Waals surface area contributed by atoms with Crippen molar-refractivity contribution in [3.63, 3.8) is 0 Å². The fourth-order valence-electron chi connectivity index (χ4n) is 2.64. The second-order valence-corrected chi connectivity index (χ2v) is 6.67. The second kappa shape index (κ2) is 19.7. The number of unbranched alkanes of at least 4 members (excludes halogenated alkanes) is 12. The summed E-state index contributed by atoms with van der Waals surface area (Å²) in [7, 11) is 0. The summed E-state index contributed by atoms with van der Waals surface area (Å²) in [6.45, 7) is 8.00. The van der Waals surface area contributed by atoms with E-state index in [9.17, 15) is 9.59 Å². The molecule has 0 aromatic rings. The summed E-state index contributed by atoms with van der Waals surface area (Å²) in [5.41, 5.74) is 0. The molecule has 4 heteroatoms. The van der Waals surface area contributed by atoms with E-state index in [2.05, 4.69) is 13.2 Å². The predicted octanol–water partition coefficient (Wildman–Crippen LogP) is 5.91. The van der Waals surface area contributed by atoms with Gasteiger partial charge in [-0.2, -0.15) is 0 Å². The summed E-state index contributed by atoms with van der Waals surface area (Å²) in [5, 5.41) is 0. The van der Waals surface area contributed by atoms with Gasteiger partial charge in [0.1, 0.15) is 0 Å². The van der Waals surface area contributed by atoms with Gasteiger partial charge in [-0.3, -0.25) is 0 Å². The Morgan fingerprint density at radius 3 is 1.19 bits per heavy atom. The highest BCUT2D eigenvalue weighted by Crippen LogP contribution is 2.08. The van der Waals surface area contributed by atoms with Gasteiger partial charge >= 0.3 is 11.9 Å². The van der Waals surface area contributed by atoms with Crippen LogP contribution in [0.4, 0.5) is 0 Å². The van der Waals surface area contributed by atoms with E-state index in [0.29, 0.717) is 13.2 Å². The number of allylic oxidation sites excluding steroid dienone is 2. The molecule has 0 heterocycles. The average molecular weight is 367 g/mol. The van der Waals surface area contributed by atoms with Crippen LogP contribution < -0.4 is 0 Å². The van der Waals surface area contributed by atoms with Crippen molar-refractivity contribution in [1.29, 1.82) is 0 Å². The molecule has 0 rings (SSSR count). The van der Waals surface area contributed by atoms with Gasteiger partial charge in [0.25, 0.3) is 0 Å². The van der Waals surface area contributed by atoms with Crippen LogP contribution in [0.5, 0.6) is 0 Å². The molecule has 150 valence electrons. The quantitative estimate of drug-likeness (QED) is 0.131. The summed E-state index contributed by atoms with van der Waals surface area (Å²) in [5.74, 6) is -1.72. The summed E-state index contributed by atoms with van der Waals surface area (Å²) < 4.78 is 9.89. The second-order valence-electron chi connectivity index (χ2n) is 6.67. The van der Waals surface area contributed by atoms with Crippen LogP contribution in [0.3, 0.4) is 0 Å². The highest BCUT2D eigenvalue weighted by atomic mass is 16.6. The molecule has 0 radical (unpaired) electrons. The first-order chi connectivity index (χ1) is 12.7. The van der Waals surface area contributed by atoms with E-state index in [-0.39, 0.29) is 0 Å². The lowest BCUT2D eigenvalue weighted by Gasteiger charge is -2.06. The van der Waals surface area contributed by atoms with Crippen LogP contribution in [0.15, 0.2) is 25.3 Å². The monoisotopic (exact) mass is 366 g/mol. The molecule has 0 unspecified atom stereocenters. The van der Waals surface area contributed by atoms with Gasteiger partial charge in [0.05, 0.1) is 13.2 Å². The standard InChI is InChI=1S/C22H38O4/c1-3-5-7-9-11-13-15-17-19-25-21(23)22(24)26-20-18-16-14-12-10-8-6-4-2/h3-4H,1-2,5-20H2. The minimum Gasteiger partial charge on any atom is -0.457 e. The molecule has 0 aliphatic heterocycles. The van der Waals surface area contributed by atoms with E-state index in [1.807, 2.05) is 12.2 Å². The van der Waals surface area contributed by atoms with Crippen molar-refractivity contribution in [2.75, 3.05) is 13.2 Å². The van der Waals surface area contributed by atoms with Crippen LogP contribution >= 0.6 is 0 Å². The van der Waals surface area contributed by atoms with Crippen LogP contribution in [-0.4, -0.2) is 25.2 Å². The molecule has 0 saturated carbocycles. The number of hydrogen-bond donors (Lipinski definition) is 0. The minimum atomic E-state index is -0.861. The predicted molar refractivity (Wildman–Crippen MR) is 107 cm³/mol. The lowest BCUT2D eigenvalue weighted by Crippen LogP contribution is -2.21. The van der Waals surface area contributed by atoms with Gasteiger partial charge in [0.15, 0.2) is 0 Å². The fraction of sp³-hybridized carbons (Fsp3) is 0.727. The fourth-order valence-corrected chi connectivity index (χ4v) is 2.64. The first-order valence-electron chi connectivity index (χ1n) is 10.3. The van der Waals surface area contributed by atoms with E-state index in [1.54, 1.807) is 0 Å². The molecule has 0 spiro atoms. The van der Waals surface area contributed by atoms with Gasteiger partial charge < -0.3 is 9.47 Å². The Balaban J connectivity index is 3.36. The van der Waals surface area contributed by atoms with Crippen molar-refractivity contribution in [1.82, 2.24) is 0 Å². The van der Waals surface area contributed by atoms with Crippen molar-refractivity contribution >= 4 is 11.9 Å². The van der Waals surface area contributed by atoms with Crippen LogP contribution in [0.1, 0.15) is 89.9 Å². The molecule has 4 nitrogen and oxygen atoms in total. The molecule has 0 fully saturated rings. The highest BCUT2D eigenvalue weighted by Gasteiger charge is 2.16. The molecule has 0 saturated heterocycles. The van der Waals surface area contributed by atoms with Gasteiger partial charge in [-0.25, -0.2) is 9.59 Å². The van der Waals surface area contributed by atoms with Crippen LogP contribution in [-0.2, 0) is 19.1 Å². The Kier molecular flexibility index (Phi) is 18.5. The Labute approximate surface area is 160 Å². The minimum absolute atomic E-state index is 0.297. The maximum Gasteiger partial charge on any atom is 0.417 e. The number of carbonyl (C=O) groups excluding carboxylic acids is 2. The van der Waals surface area contributed by atoms with Crippen LogP contribution in [0.25, 0.3) is 0 Å². The van der Waals surface area contributed by atoms with Crippen molar-refractivity contribution < 1.29 is 19.1 Å². The smallest absolute Gasteiger partial charge is 0.417 e. The van der Waals surface area contributed by atoms with Crippen molar-refractivity contribution in [2.45, 2.75) is 89.9 Å². The summed E-state index contributed by atoms with van der Waals surface area (Å²) in [4.78, 5) is 23.0. The Bertz CT molecular complexity index is 340. The summed E-state index contributed by atoms with van der Waals surface area (Å²) in [6.07, 6.45) is 19.2. The number of esters is 2. The van der Waals surface area contributed by atoms with E-state index < -0.39 is 11.9 Å². The zero-order valence-corrected chi connectivity index (χ0v) is 16.5. The molecule has 0 aliphatic carbocycles.